The van der Waals surface area contributed by atoms with Crippen molar-refractivity contribution in [1.29, 1.82) is 0 Å². The van der Waals surface area contributed by atoms with E-state index in [0.29, 0.717) is 17.1 Å². The molecule has 2 rings (SSSR count). The van der Waals surface area contributed by atoms with Crippen molar-refractivity contribution in [2.45, 2.75) is 20.0 Å². The van der Waals surface area contributed by atoms with Crippen molar-refractivity contribution in [1.82, 2.24) is 0 Å². The molecule has 6 heteroatoms. The lowest BCUT2D eigenvalue weighted by atomic mass is 9.90. The second-order valence-corrected chi connectivity index (χ2v) is 5.89. The predicted octanol–water partition coefficient (Wildman–Crippen LogP) is 2.21. The fraction of sp³-hybridized carbons (Fsp3) is 0.412. The van der Waals surface area contributed by atoms with Crippen LogP contribution in [0.5, 0.6) is 11.5 Å². The molecule has 23 heavy (non-hydrogen) atoms. The number of hydrogen-bond donors (Lipinski definition) is 0. The molecule has 0 N–H and O–H groups in total. The first kappa shape index (κ1) is 16.9. The Morgan fingerprint density at radius 1 is 1.22 bits per heavy atom. The molecule has 6 nitrogen and oxygen atoms in total. The summed E-state index contributed by atoms with van der Waals surface area (Å²) in [5.41, 5.74) is 0.186. The summed E-state index contributed by atoms with van der Waals surface area (Å²) < 4.78 is 20.5. The smallest absolute Gasteiger partial charge is 0.348 e. The zero-order valence-electron chi connectivity index (χ0n) is 13.6. The van der Waals surface area contributed by atoms with Crippen LogP contribution in [0.4, 0.5) is 0 Å². The van der Waals surface area contributed by atoms with Gasteiger partial charge in [-0.25, -0.2) is 9.59 Å². The number of methoxy groups -OCH3 is 2. The molecule has 1 atom stereocenters. The van der Waals surface area contributed by atoms with Gasteiger partial charge >= 0.3 is 11.9 Å². The number of benzene rings is 1. The van der Waals surface area contributed by atoms with Gasteiger partial charge in [0.25, 0.3) is 0 Å². The Morgan fingerprint density at radius 2 is 1.83 bits per heavy atom. The average molecular weight is 320 g/mol. The van der Waals surface area contributed by atoms with Crippen LogP contribution in [-0.2, 0) is 19.1 Å². The number of cyclic esters (lactones) is 1. The number of hydrogen-bond acceptors (Lipinski definition) is 6. The maximum absolute atomic E-state index is 11.9. The van der Waals surface area contributed by atoms with Gasteiger partial charge in [0, 0.05) is 17.6 Å². The second kappa shape index (κ2) is 6.73. The van der Waals surface area contributed by atoms with Crippen molar-refractivity contribution in [3.8, 4) is 11.5 Å². The van der Waals surface area contributed by atoms with Gasteiger partial charge in [0.05, 0.1) is 14.2 Å². The van der Waals surface area contributed by atoms with E-state index >= 15 is 0 Å². The van der Waals surface area contributed by atoms with E-state index in [1.165, 1.54) is 6.08 Å². The predicted molar refractivity (Wildman–Crippen MR) is 83.2 cm³/mol. The lowest BCUT2D eigenvalue weighted by molar-refractivity contribution is -0.159. The molecule has 1 heterocycles. The van der Waals surface area contributed by atoms with E-state index in [2.05, 4.69) is 0 Å². The van der Waals surface area contributed by atoms with E-state index in [-0.39, 0.29) is 6.61 Å². The Kier molecular flexibility index (Phi) is 4.93. The SMILES string of the molecule is COc1cc(/C=C/C(=O)O[C@H]2C(=O)OCC2(C)C)cc(OC)c1. The molecule has 1 aliphatic heterocycles. The van der Waals surface area contributed by atoms with E-state index in [1.807, 2.05) is 13.8 Å². The van der Waals surface area contributed by atoms with Gasteiger partial charge in [-0.1, -0.05) is 13.8 Å². The van der Waals surface area contributed by atoms with E-state index in [4.69, 9.17) is 18.9 Å². The van der Waals surface area contributed by atoms with Crippen LogP contribution in [0, 0.1) is 5.41 Å². The highest BCUT2D eigenvalue weighted by Crippen LogP contribution is 2.31. The third-order valence-corrected chi connectivity index (χ3v) is 3.53. The highest BCUT2D eigenvalue weighted by atomic mass is 16.6. The van der Waals surface area contributed by atoms with Crippen molar-refractivity contribution in [2.75, 3.05) is 20.8 Å². The molecule has 1 saturated heterocycles. The number of carbonyl (C=O) groups is 2. The Bertz CT molecular complexity index is 610. The van der Waals surface area contributed by atoms with Crippen LogP contribution in [0.2, 0.25) is 0 Å². The van der Waals surface area contributed by atoms with E-state index < -0.39 is 23.5 Å². The molecule has 1 aromatic rings. The normalized spacial score (nSPS) is 19.5. The summed E-state index contributed by atoms with van der Waals surface area (Å²) in [5, 5.41) is 0. The number of carbonyl (C=O) groups excluding carboxylic acids is 2. The first-order valence-electron chi connectivity index (χ1n) is 7.14. The summed E-state index contributed by atoms with van der Waals surface area (Å²) in [6.45, 7) is 3.86. The summed E-state index contributed by atoms with van der Waals surface area (Å²) in [6.07, 6.45) is 1.94. The molecule has 124 valence electrons. The van der Waals surface area contributed by atoms with Crippen molar-refractivity contribution in [3.63, 3.8) is 0 Å². The number of ether oxygens (including phenoxy) is 4. The van der Waals surface area contributed by atoms with Gasteiger partial charge in [0.2, 0.25) is 6.10 Å². The summed E-state index contributed by atoms with van der Waals surface area (Å²) in [7, 11) is 3.09. The Balaban J connectivity index is 2.08. The van der Waals surface area contributed by atoms with Gasteiger partial charge in [0.15, 0.2) is 0 Å². The average Bonchev–Trinajstić information content (AvgIpc) is 2.79. The Morgan fingerprint density at radius 3 is 2.30 bits per heavy atom. The van der Waals surface area contributed by atoms with E-state index in [1.54, 1.807) is 38.5 Å². The molecule has 0 unspecified atom stereocenters. The van der Waals surface area contributed by atoms with Gasteiger partial charge in [-0.2, -0.15) is 0 Å². The maximum Gasteiger partial charge on any atom is 0.348 e. The summed E-state index contributed by atoms with van der Waals surface area (Å²) >= 11 is 0. The second-order valence-electron chi connectivity index (χ2n) is 5.89. The molecular weight excluding hydrogens is 300 g/mol. The van der Waals surface area contributed by atoms with Gasteiger partial charge in [0.1, 0.15) is 18.1 Å². The van der Waals surface area contributed by atoms with Crippen LogP contribution in [0.3, 0.4) is 0 Å². The van der Waals surface area contributed by atoms with Crippen LogP contribution >= 0.6 is 0 Å². The first-order valence-corrected chi connectivity index (χ1v) is 7.14. The molecule has 0 aromatic heterocycles. The molecule has 1 aliphatic rings. The molecule has 0 spiro atoms. The van der Waals surface area contributed by atoms with Crippen molar-refractivity contribution < 1.29 is 28.5 Å². The van der Waals surface area contributed by atoms with Crippen molar-refractivity contribution >= 4 is 18.0 Å². The first-order chi connectivity index (χ1) is 10.9. The number of rotatable bonds is 5. The minimum atomic E-state index is -0.889. The summed E-state index contributed by atoms with van der Waals surface area (Å²) in [4.78, 5) is 23.5. The lowest BCUT2D eigenvalue weighted by Gasteiger charge is -2.20. The van der Waals surface area contributed by atoms with Gasteiger partial charge in [-0.05, 0) is 23.8 Å². The fourth-order valence-electron chi connectivity index (χ4n) is 2.18. The standard InChI is InChI=1S/C17H20O6/c1-17(2)10-22-16(19)15(17)23-14(18)6-5-11-7-12(20-3)9-13(8-11)21-4/h5-9,15H,10H2,1-4H3/b6-5+/t15-/m0/s1. The Hall–Kier alpha value is -2.50. The minimum absolute atomic E-state index is 0.237. The topological polar surface area (TPSA) is 71.1 Å². The molecule has 0 aliphatic carbocycles. The van der Waals surface area contributed by atoms with E-state index in [9.17, 15) is 9.59 Å². The van der Waals surface area contributed by atoms with Gasteiger partial charge < -0.3 is 18.9 Å². The molecule has 1 aromatic carbocycles. The minimum Gasteiger partial charge on any atom is -0.497 e. The lowest BCUT2D eigenvalue weighted by Crippen LogP contribution is -2.34. The third kappa shape index (κ3) is 4.03. The molecule has 0 radical (unpaired) electrons. The highest BCUT2D eigenvalue weighted by molar-refractivity contribution is 5.90. The molecule has 0 saturated carbocycles. The quantitative estimate of drug-likeness (QED) is 0.612. The van der Waals surface area contributed by atoms with Crippen LogP contribution in [0.15, 0.2) is 24.3 Å². The Labute approximate surface area is 135 Å². The highest BCUT2D eigenvalue weighted by Gasteiger charge is 2.46. The monoisotopic (exact) mass is 320 g/mol. The van der Waals surface area contributed by atoms with Crippen molar-refractivity contribution in [3.05, 3.63) is 29.8 Å². The fourth-order valence-corrected chi connectivity index (χ4v) is 2.18. The van der Waals surface area contributed by atoms with Crippen LogP contribution < -0.4 is 9.47 Å². The molecule has 1 fully saturated rings. The largest absolute Gasteiger partial charge is 0.497 e. The third-order valence-electron chi connectivity index (χ3n) is 3.53. The number of esters is 2. The molecule has 0 bridgehead atoms. The van der Waals surface area contributed by atoms with Crippen LogP contribution in [-0.4, -0.2) is 38.9 Å². The van der Waals surface area contributed by atoms with Gasteiger partial charge in [-0.3, -0.25) is 0 Å². The summed E-state index contributed by atoms with van der Waals surface area (Å²) in [6, 6.07) is 5.23. The molecular formula is C17H20O6. The van der Waals surface area contributed by atoms with Crippen LogP contribution in [0.25, 0.3) is 6.08 Å². The zero-order valence-corrected chi connectivity index (χ0v) is 13.6. The van der Waals surface area contributed by atoms with Crippen molar-refractivity contribution in [2.24, 2.45) is 5.41 Å². The maximum atomic E-state index is 11.9. The van der Waals surface area contributed by atoms with Crippen LogP contribution in [0.1, 0.15) is 19.4 Å². The van der Waals surface area contributed by atoms with Gasteiger partial charge in [-0.15, -0.1) is 0 Å². The zero-order chi connectivity index (χ0) is 17.0. The summed E-state index contributed by atoms with van der Waals surface area (Å²) in [5.74, 6) is 0.0965. The van der Waals surface area contributed by atoms with E-state index in [0.717, 1.165) is 0 Å². The molecule has 0 amide bonds.